The van der Waals surface area contributed by atoms with Crippen molar-refractivity contribution < 1.29 is 4.42 Å². The highest BCUT2D eigenvalue weighted by molar-refractivity contribution is 5.33. The van der Waals surface area contributed by atoms with Gasteiger partial charge in [-0.2, -0.15) is 0 Å². The smallest absolute Gasteiger partial charge is 0.217 e. The van der Waals surface area contributed by atoms with E-state index in [2.05, 4.69) is 47.3 Å². The summed E-state index contributed by atoms with van der Waals surface area (Å²) in [5.74, 6) is 4.61. The minimum absolute atomic E-state index is 0.485. The van der Waals surface area contributed by atoms with Gasteiger partial charge in [0.2, 0.25) is 11.8 Å². The van der Waals surface area contributed by atoms with E-state index in [9.17, 15) is 0 Å². The number of rotatable bonds is 6. The van der Waals surface area contributed by atoms with Crippen LogP contribution < -0.4 is 5.32 Å². The molecule has 2 heterocycles. The number of anilines is 1. The van der Waals surface area contributed by atoms with Crippen molar-refractivity contribution in [3.05, 3.63) is 47.8 Å². The van der Waals surface area contributed by atoms with Crippen LogP contribution in [0.25, 0.3) is 0 Å². The van der Waals surface area contributed by atoms with E-state index in [0.717, 1.165) is 31.1 Å². The Kier molecular flexibility index (Phi) is 5.51. The molecular weight excluding hydrogens is 312 g/mol. The molecule has 0 bridgehead atoms. The van der Waals surface area contributed by atoms with Crippen LogP contribution in [0.3, 0.4) is 0 Å². The first kappa shape index (κ1) is 17.6. The van der Waals surface area contributed by atoms with Crippen molar-refractivity contribution in [3.8, 4) is 0 Å². The van der Waals surface area contributed by atoms with Gasteiger partial charge < -0.3 is 9.73 Å². The second-order valence-electron chi connectivity index (χ2n) is 7.43. The highest BCUT2D eigenvalue weighted by Crippen LogP contribution is 2.38. The molecule has 1 aliphatic carbocycles. The molecule has 1 aliphatic rings. The molecule has 1 N–H and O–H groups in total. The molecular formula is C20H28N4O. The number of aromatic nitrogens is 3. The summed E-state index contributed by atoms with van der Waals surface area (Å²) >= 11 is 0. The predicted molar refractivity (Wildman–Crippen MR) is 99.1 cm³/mol. The average Bonchev–Trinajstić information content (AvgIpc) is 3.00. The topological polar surface area (TPSA) is 63.8 Å². The molecule has 3 rings (SSSR count). The lowest BCUT2D eigenvalue weighted by atomic mass is 9.70. The van der Waals surface area contributed by atoms with Crippen molar-refractivity contribution in [1.29, 1.82) is 0 Å². The Balaban J connectivity index is 1.70. The van der Waals surface area contributed by atoms with Gasteiger partial charge in [-0.05, 0) is 49.1 Å². The second kappa shape index (κ2) is 7.81. The molecule has 0 saturated heterocycles. The molecule has 0 saturated carbocycles. The number of nitrogens with zero attached hydrogens (tertiary/aromatic N) is 3. The Morgan fingerprint density at radius 3 is 2.72 bits per heavy atom. The summed E-state index contributed by atoms with van der Waals surface area (Å²) in [6.07, 6.45) is 6.27. The molecule has 3 atom stereocenters. The zero-order valence-electron chi connectivity index (χ0n) is 15.6. The lowest BCUT2D eigenvalue weighted by molar-refractivity contribution is 0.229. The molecule has 2 aromatic rings. The summed E-state index contributed by atoms with van der Waals surface area (Å²) in [6.45, 7) is 9.64. The number of nitrogens with one attached hydrogen (secondary N) is 1. The maximum absolute atomic E-state index is 5.59. The molecule has 0 aromatic carbocycles. The van der Waals surface area contributed by atoms with E-state index in [4.69, 9.17) is 4.42 Å². The predicted octanol–water partition coefficient (Wildman–Crippen LogP) is 4.28. The number of hydrogen-bond acceptors (Lipinski definition) is 5. The SMILES string of the molecule is CC1=CC(CNc2ccccn2)C(C(C)C)CC1Cc1nnc(C)o1. The summed E-state index contributed by atoms with van der Waals surface area (Å²) in [4.78, 5) is 4.37. The fourth-order valence-electron chi connectivity index (χ4n) is 3.83. The van der Waals surface area contributed by atoms with Crippen LogP contribution in [0.15, 0.2) is 40.5 Å². The molecule has 5 nitrogen and oxygen atoms in total. The van der Waals surface area contributed by atoms with Gasteiger partial charge in [0.25, 0.3) is 0 Å². The van der Waals surface area contributed by atoms with Crippen LogP contribution in [-0.4, -0.2) is 21.7 Å². The highest BCUT2D eigenvalue weighted by atomic mass is 16.4. The van der Waals surface area contributed by atoms with Gasteiger partial charge in [0.1, 0.15) is 5.82 Å². The first-order valence-electron chi connectivity index (χ1n) is 9.15. The van der Waals surface area contributed by atoms with Crippen LogP contribution in [-0.2, 0) is 6.42 Å². The van der Waals surface area contributed by atoms with Gasteiger partial charge in [-0.25, -0.2) is 4.98 Å². The summed E-state index contributed by atoms with van der Waals surface area (Å²) in [5.41, 5.74) is 1.43. The summed E-state index contributed by atoms with van der Waals surface area (Å²) in [6, 6.07) is 5.97. The quantitative estimate of drug-likeness (QED) is 0.795. The van der Waals surface area contributed by atoms with Gasteiger partial charge in [-0.3, -0.25) is 0 Å². The molecule has 0 amide bonds. The number of aryl methyl sites for hydroxylation is 1. The first-order valence-corrected chi connectivity index (χ1v) is 9.15. The maximum atomic E-state index is 5.59. The molecule has 2 aromatic heterocycles. The van der Waals surface area contributed by atoms with Crippen LogP contribution in [0.2, 0.25) is 0 Å². The van der Waals surface area contributed by atoms with Crippen LogP contribution in [0.4, 0.5) is 5.82 Å². The fraction of sp³-hybridized carbons (Fsp3) is 0.550. The van der Waals surface area contributed by atoms with Crippen LogP contribution in [0, 0.1) is 30.6 Å². The minimum atomic E-state index is 0.485. The summed E-state index contributed by atoms with van der Waals surface area (Å²) in [5, 5.41) is 11.6. The first-order chi connectivity index (χ1) is 12.0. The van der Waals surface area contributed by atoms with Crippen molar-refractivity contribution in [2.45, 2.75) is 40.5 Å². The molecule has 134 valence electrons. The zero-order valence-corrected chi connectivity index (χ0v) is 15.6. The van der Waals surface area contributed by atoms with Crippen molar-refractivity contribution in [3.63, 3.8) is 0 Å². The monoisotopic (exact) mass is 340 g/mol. The van der Waals surface area contributed by atoms with E-state index < -0.39 is 0 Å². The van der Waals surface area contributed by atoms with Crippen molar-refractivity contribution in [2.75, 3.05) is 11.9 Å². The molecule has 0 fully saturated rings. The third kappa shape index (κ3) is 4.47. The minimum Gasteiger partial charge on any atom is -0.426 e. The Labute approximate surface area is 150 Å². The average molecular weight is 340 g/mol. The highest BCUT2D eigenvalue weighted by Gasteiger charge is 2.32. The Morgan fingerprint density at radius 1 is 1.24 bits per heavy atom. The lowest BCUT2D eigenvalue weighted by Gasteiger charge is -2.37. The van der Waals surface area contributed by atoms with Gasteiger partial charge >= 0.3 is 0 Å². The number of pyridine rings is 1. The Morgan fingerprint density at radius 2 is 2.08 bits per heavy atom. The Bertz CT molecular complexity index is 707. The van der Waals surface area contributed by atoms with Crippen LogP contribution >= 0.6 is 0 Å². The molecule has 0 radical (unpaired) electrons. The van der Waals surface area contributed by atoms with E-state index in [1.807, 2.05) is 31.3 Å². The third-order valence-electron chi connectivity index (χ3n) is 5.26. The molecule has 5 heteroatoms. The largest absolute Gasteiger partial charge is 0.426 e. The van der Waals surface area contributed by atoms with E-state index in [1.165, 1.54) is 5.57 Å². The number of allylic oxidation sites excluding steroid dienone is 1. The van der Waals surface area contributed by atoms with Gasteiger partial charge in [0.05, 0.1) is 0 Å². The van der Waals surface area contributed by atoms with Crippen molar-refractivity contribution >= 4 is 5.82 Å². The van der Waals surface area contributed by atoms with Crippen molar-refractivity contribution in [1.82, 2.24) is 15.2 Å². The fourth-order valence-corrected chi connectivity index (χ4v) is 3.83. The Hall–Kier alpha value is -2.17. The van der Waals surface area contributed by atoms with Crippen LogP contribution in [0.5, 0.6) is 0 Å². The molecule has 0 spiro atoms. The van der Waals surface area contributed by atoms with E-state index in [1.54, 1.807) is 0 Å². The standard InChI is InChI=1S/C20H28N4O/c1-13(2)18-10-16(11-20-24-23-15(4)25-20)14(3)9-17(18)12-22-19-7-5-6-8-21-19/h5-9,13,16-18H,10-12H2,1-4H3,(H,21,22). The van der Waals surface area contributed by atoms with E-state index in [-0.39, 0.29) is 0 Å². The lowest BCUT2D eigenvalue weighted by Crippen LogP contribution is -2.32. The zero-order chi connectivity index (χ0) is 17.8. The van der Waals surface area contributed by atoms with E-state index in [0.29, 0.717) is 29.6 Å². The molecule has 0 aliphatic heterocycles. The van der Waals surface area contributed by atoms with Gasteiger partial charge in [-0.1, -0.05) is 31.6 Å². The van der Waals surface area contributed by atoms with Crippen molar-refractivity contribution in [2.24, 2.45) is 23.7 Å². The van der Waals surface area contributed by atoms with Crippen LogP contribution in [0.1, 0.15) is 39.0 Å². The normalized spacial score (nSPS) is 23.6. The third-order valence-corrected chi connectivity index (χ3v) is 5.26. The second-order valence-corrected chi connectivity index (χ2v) is 7.43. The summed E-state index contributed by atoms with van der Waals surface area (Å²) < 4.78 is 5.59. The van der Waals surface area contributed by atoms with Gasteiger partial charge in [0.15, 0.2) is 0 Å². The summed E-state index contributed by atoms with van der Waals surface area (Å²) in [7, 11) is 0. The molecule has 3 unspecified atom stereocenters. The molecule has 25 heavy (non-hydrogen) atoms. The number of hydrogen-bond donors (Lipinski definition) is 1. The van der Waals surface area contributed by atoms with Gasteiger partial charge in [-0.15, -0.1) is 10.2 Å². The van der Waals surface area contributed by atoms with Gasteiger partial charge in [0, 0.05) is 26.1 Å². The van der Waals surface area contributed by atoms with E-state index >= 15 is 0 Å². The maximum Gasteiger partial charge on any atom is 0.217 e.